The maximum atomic E-state index is 13.3. The molecule has 3 heteroatoms. The van der Waals surface area contributed by atoms with E-state index >= 15 is 0 Å². The molecule has 0 aliphatic carbocycles. The molecule has 0 amide bonds. The van der Waals surface area contributed by atoms with Crippen molar-refractivity contribution in [3.63, 3.8) is 0 Å². The molecule has 1 atom stereocenters. The second-order valence-electron chi connectivity index (χ2n) is 5.47. The average Bonchev–Trinajstić information content (AvgIpc) is 2.69. The van der Waals surface area contributed by atoms with Gasteiger partial charge in [0.1, 0.15) is 17.2 Å². The molecular formula is C16H20FNO. The van der Waals surface area contributed by atoms with Crippen LogP contribution in [0.5, 0.6) is 0 Å². The summed E-state index contributed by atoms with van der Waals surface area (Å²) < 4.78 is 19.3. The van der Waals surface area contributed by atoms with Gasteiger partial charge >= 0.3 is 0 Å². The highest BCUT2D eigenvalue weighted by Gasteiger charge is 2.34. The van der Waals surface area contributed by atoms with E-state index in [4.69, 9.17) is 4.42 Å². The fourth-order valence-corrected chi connectivity index (χ4v) is 3.08. The van der Waals surface area contributed by atoms with E-state index in [2.05, 4.69) is 12.2 Å². The molecule has 19 heavy (non-hydrogen) atoms. The van der Waals surface area contributed by atoms with Crippen LogP contribution in [0.15, 0.2) is 28.7 Å². The van der Waals surface area contributed by atoms with Crippen molar-refractivity contribution in [1.29, 1.82) is 0 Å². The normalized spacial score (nSPS) is 24.5. The van der Waals surface area contributed by atoms with Gasteiger partial charge in [0.05, 0.1) is 5.54 Å². The van der Waals surface area contributed by atoms with E-state index in [1.54, 1.807) is 12.1 Å². The third-order valence-electron chi connectivity index (χ3n) is 4.30. The van der Waals surface area contributed by atoms with Crippen LogP contribution in [0.1, 0.15) is 44.8 Å². The van der Waals surface area contributed by atoms with Crippen molar-refractivity contribution < 1.29 is 8.81 Å². The molecule has 0 spiro atoms. The maximum Gasteiger partial charge on any atom is 0.134 e. The molecule has 1 fully saturated rings. The van der Waals surface area contributed by atoms with Crippen molar-refractivity contribution in [2.24, 2.45) is 0 Å². The number of furan rings is 1. The third kappa shape index (κ3) is 2.27. The van der Waals surface area contributed by atoms with E-state index < -0.39 is 0 Å². The summed E-state index contributed by atoms with van der Waals surface area (Å²) in [5.41, 5.74) is 0.696. The number of halogens is 1. The predicted molar refractivity (Wildman–Crippen MR) is 74.6 cm³/mol. The van der Waals surface area contributed by atoms with Gasteiger partial charge in [0.15, 0.2) is 0 Å². The molecule has 1 aromatic heterocycles. The smallest absolute Gasteiger partial charge is 0.134 e. The highest BCUT2D eigenvalue weighted by atomic mass is 19.1. The minimum atomic E-state index is -0.209. The Morgan fingerprint density at radius 1 is 1.26 bits per heavy atom. The van der Waals surface area contributed by atoms with Gasteiger partial charge in [-0.25, -0.2) is 4.39 Å². The minimum absolute atomic E-state index is 0.0774. The lowest BCUT2D eigenvalue weighted by molar-refractivity contribution is 0.259. The molecule has 1 aliphatic rings. The highest BCUT2D eigenvalue weighted by molar-refractivity contribution is 5.78. The van der Waals surface area contributed by atoms with Crippen LogP contribution in [0.25, 0.3) is 11.0 Å². The van der Waals surface area contributed by atoms with Crippen molar-refractivity contribution in [2.75, 3.05) is 6.54 Å². The molecule has 3 rings (SSSR count). The number of rotatable bonds is 2. The molecule has 1 unspecified atom stereocenters. The first-order valence-electron chi connectivity index (χ1n) is 7.18. The molecule has 1 aliphatic heterocycles. The van der Waals surface area contributed by atoms with Crippen LogP contribution >= 0.6 is 0 Å². The van der Waals surface area contributed by atoms with Crippen LogP contribution in [0, 0.1) is 5.82 Å². The second-order valence-corrected chi connectivity index (χ2v) is 5.47. The summed E-state index contributed by atoms with van der Waals surface area (Å²) in [5.74, 6) is 0.747. The lowest BCUT2D eigenvalue weighted by Gasteiger charge is -2.30. The fourth-order valence-electron chi connectivity index (χ4n) is 3.08. The third-order valence-corrected chi connectivity index (χ3v) is 4.30. The SMILES string of the molecule is CCC1(c2cc3cc(F)ccc3o2)CCCCCN1. The summed E-state index contributed by atoms with van der Waals surface area (Å²) in [6, 6.07) is 6.71. The summed E-state index contributed by atoms with van der Waals surface area (Å²) in [4.78, 5) is 0. The van der Waals surface area contributed by atoms with Gasteiger partial charge in [0, 0.05) is 5.39 Å². The van der Waals surface area contributed by atoms with Crippen LogP contribution in [-0.2, 0) is 5.54 Å². The number of benzene rings is 1. The summed E-state index contributed by atoms with van der Waals surface area (Å²) in [5, 5.41) is 4.50. The lowest BCUT2D eigenvalue weighted by atomic mass is 9.88. The first-order chi connectivity index (χ1) is 9.23. The summed E-state index contributed by atoms with van der Waals surface area (Å²) in [6.45, 7) is 3.21. The van der Waals surface area contributed by atoms with Crippen molar-refractivity contribution in [3.05, 3.63) is 35.8 Å². The fraction of sp³-hybridized carbons (Fsp3) is 0.500. The standard InChI is InChI=1S/C16H20FNO/c1-2-16(8-4-3-5-9-18-16)15-11-12-10-13(17)6-7-14(12)19-15/h6-7,10-11,18H,2-5,8-9H2,1H3. The van der Waals surface area contributed by atoms with Crippen molar-refractivity contribution in [1.82, 2.24) is 5.32 Å². The van der Waals surface area contributed by atoms with E-state index in [0.29, 0.717) is 0 Å². The summed E-state index contributed by atoms with van der Waals surface area (Å²) in [7, 11) is 0. The van der Waals surface area contributed by atoms with Gasteiger partial charge in [0.25, 0.3) is 0 Å². The maximum absolute atomic E-state index is 13.3. The topological polar surface area (TPSA) is 25.2 Å². The molecular weight excluding hydrogens is 241 g/mol. The molecule has 0 bridgehead atoms. The molecule has 2 aromatic rings. The molecule has 1 saturated heterocycles. The zero-order valence-corrected chi connectivity index (χ0v) is 11.3. The van der Waals surface area contributed by atoms with E-state index in [9.17, 15) is 4.39 Å². The van der Waals surface area contributed by atoms with Crippen LogP contribution < -0.4 is 5.32 Å². The quantitative estimate of drug-likeness (QED) is 0.870. The van der Waals surface area contributed by atoms with E-state index in [1.807, 2.05) is 6.07 Å². The van der Waals surface area contributed by atoms with E-state index in [0.717, 1.165) is 36.1 Å². The molecule has 0 radical (unpaired) electrons. The predicted octanol–water partition coefficient (Wildman–Crippen LogP) is 4.34. The Labute approximate surface area is 113 Å². The molecule has 2 heterocycles. The molecule has 1 N–H and O–H groups in total. The Morgan fingerprint density at radius 2 is 2.16 bits per heavy atom. The van der Waals surface area contributed by atoms with Gasteiger partial charge in [0.2, 0.25) is 0 Å². The Morgan fingerprint density at radius 3 is 3.00 bits per heavy atom. The summed E-state index contributed by atoms with van der Waals surface area (Å²) in [6.07, 6.45) is 5.79. The zero-order valence-electron chi connectivity index (χ0n) is 11.3. The van der Waals surface area contributed by atoms with Crippen LogP contribution in [0.3, 0.4) is 0 Å². The number of nitrogens with one attached hydrogen (secondary N) is 1. The van der Waals surface area contributed by atoms with Crippen molar-refractivity contribution in [2.45, 2.75) is 44.6 Å². The number of hydrogen-bond donors (Lipinski definition) is 1. The Bertz CT molecular complexity index is 567. The Balaban J connectivity index is 2.04. The monoisotopic (exact) mass is 261 g/mol. The van der Waals surface area contributed by atoms with Gasteiger partial charge < -0.3 is 9.73 Å². The number of fused-ring (bicyclic) bond motifs is 1. The van der Waals surface area contributed by atoms with Crippen molar-refractivity contribution in [3.8, 4) is 0 Å². The molecule has 0 saturated carbocycles. The molecule has 2 nitrogen and oxygen atoms in total. The Kier molecular flexibility index (Phi) is 3.31. The van der Waals surface area contributed by atoms with Gasteiger partial charge in [-0.3, -0.25) is 0 Å². The first kappa shape index (κ1) is 12.7. The highest BCUT2D eigenvalue weighted by Crippen LogP contribution is 2.36. The second kappa shape index (κ2) is 4.97. The molecule has 1 aromatic carbocycles. The van der Waals surface area contributed by atoms with Crippen LogP contribution in [-0.4, -0.2) is 6.54 Å². The lowest BCUT2D eigenvalue weighted by Crippen LogP contribution is -2.40. The van der Waals surface area contributed by atoms with Crippen LogP contribution in [0.2, 0.25) is 0 Å². The first-order valence-corrected chi connectivity index (χ1v) is 7.18. The zero-order chi connectivity index (χ0) is 13.3. The number of hydrogen-bond acceptors (Lipinski definition) is 2. The van der Waals surface area contributed by atoms with Gasteiger partial charge in [-0.15, -0.1) is 0 Å². The summed E-state index contributed by atoms with van der Waals surface area (Å²) >= 11 is 0. The van der Waals surface area contributed by atoms with Gasteiger partial charge in [-0.2, -0.15) is 0 Å². The van der Waals surface area contributed by atoms with E-state index in [1.165, 1.54) is 25.3 Å². The van der Waals surface area contributed by atoms with Gasteiger partial charge in [-0.1, -0.05) is 19.8 Å². The van der Waals surface area contributed by atoms with E-state index in [-0.39, 0.29) is 11.4 Å². The van der Waals surface area contributed by atoms with Crippen molar-refractivity contribution >= 4 is 11.0 Å². The average molecular weight is 261 g/mol. The largest absolute Gasteiger partial charge is 0.459 e. The van der Waals surface area contributed by atoms with Crippen LogP contribution in [0.4, 0.5) is 4.39 Å². The minimum Gasteiger partial charge on any atom is -0.459 e. The Hall–Kier alpha value is -1.35. The molecule has 102 valence electrons. The van der Waals surface area contributed by atoms with Gasteiger partial charge in [-0.05, 0) is 50.1 Å².